The Kier molecular flexibility index (Phi) is 18.7. The van der Waals surface area contributed by atoms with Crippen LogP contribution in [-0.2, 0) is 42.5 Å². The van der Waals surface area contributed by atoms with Gasteiger partial charge in [-0.05, 0) is 36.6 Å². The molecule has 6 nitrogen and oxygen atoms in total. The Hall–Kier alpha value is -2.00. The number of carbonyl (C=O) groups is 1. The van der Waals surface area contributed by atoms with Crippen molar-refractivity contribution in [2.75, 3.05) is 14.2 Å². The lowest BCUT2D eigenvalue weighted by Crippen LogP contribution is -2.22. The number of esters is 1. The SMILES string of the molecule is C=CC(C)C.CC.CCc1ccn(C(Cc2ccccc2)C(=O)OC)c1.CNS(=O)(O)=S. The molecule has 2 unspecified atom stereocenters. The molecular weight excluding hydrogens is 444 g/mol. The lowest BCUT2D eigenvalue weighted by molar-refractivity contribution is -0.144. The molecule has 0 aliphatic carbocycles. The average molecular weight is 485 g/mol. The first kappa shape index (κ1) is 32.2. The van der Waals surface area contributed by atoms with Gasteiger partial charge in [0.25, 0.3) is 0 Å². The zero-order valence-electron chi connectivity index (χ0n) is 20.4. The maximum atomic E-state index is 12.0. The number of nitrogens with zero attached hydrogens (tertiary/aromatic N) is 1. The van der Waals surface area contributed by atoms with E-state index < -0.39 is 8.96 Å². The Labute approximate surface area is 199 Å². The smallest absolute Gasteiger partial charge is 0.329 e. The highest BCUT2D eigenvalue weighted by molar-refractivity contribution is 8.28. The van der Waals surface area contributed by atoms with Gasteiger partial charge in [-0.3, -0.25) is 4.55 Å². The molecule has 2 rings (SSSR count). The molecule has 1 aromatic carbocycles. The first-order valence-corrected chi connectivity index (χ1v) is 13.1. The summed E-state index contributed by atoms with van der Waals surface area (Å²) < 4.78 is 26.7. The lowest BCUT2D eigenvalue weighted by Gasteiger charge is -2.16. The molecule has 0 radical (unpaired) electrons. The van der Waals surface area contributed by atoms with E-state index in [9.17, 15) is 9.00 Å². The summed E-state index contributed by atoms with van der Waals surface area (Å²) in [4.78, 5) is 12.0. The Bertz CT molecular complexity index is 848. The Morgan fingerprint density at radius 1 is 1.25 bits per heavy atom. The van der Waals surface area contributed by atoms with Crippen LogP contribution in [0.5, 0.6) is 0 Å². The van der Waals surface area contributed by atoms with Crippen LogP contribution in [0.4, 0.5) is 0 Å². The summed E-state index contributed by atoms with van der Waals surface area (Å²) in [5.74, 6) is 0.442. The zero-order chi connectivity index (χ0) is 25.2. The first-order valence-electron chi connectivity index (χ1n) is 10.6. The standard InChI is InChI=1S/C16H19NO2.C5H10.C2H6.CH5NO2S2/c1-3-13-9-10-17(12-13)15(16(18)19-2)11-14-7-5-4-6-8-14;1-4-5(2)3;1-2;1-2-6(3,4)5/h4-10,12,15H,3,11H2,1-2H3;4-5H,1H2,2-3H3;1-2H3;2H,1H3,(H,3,4,5). The minimum absolute atomic E-state index is 0.206. The molecule has 1 aromatic heterocycles. The lowest BCUT2D eigenvalue weighted by atomic mass is 10.1. The van der Waals surface area contributed by atoms with E-state index in [2.05, 4.69) is 38.5 Å². The van der Waals surface area contributed by atoms with Crippen molar-refractivity contribution in [3.63, 3.8) is 0 Å². The number of benzene rings is 1. The number of ether oxygens (including phenoxy) is 1. The van der Waals surface area contributed by atoms with Crippen molar-refractivity contribution in [1.82, 2.24) is 9.29 Å². The van der Waals surface area contributed by atoms with Gasteiger partial charge in [-0.15, -0.1) is 6.58 Å². The molecule has 0 aliphatic rings. The molecule has 0 spiro atoms. The molecule has 2 atom stereocenters. The number of methoxy groups -OCH3 is 1. The number of hydrogen-bond donors (Lipinski definition) is 2. The highest BCUT2D eigenvalue weighted by Crippen LogP contribution is 2.18. The topological polar surface area (TPSA) is 80.6 Å². The maximum absolute atomic E-state index is 12.0. The monoisotopic (exact) mass is 484 g/mol. The minimum atomic E-state index is -3.08. The fourth-order valence-corrected chi connectivity index (χ4v) is 2.15. The van der Waals surface area contributed by atoms with Gasteiger partial charge in [0.15, 0.2) is 0 Å². The van der Waals surface area contributed by atoms with Crippen LogP contribution in [0.3, 0.4) is 0 Å². The second-order valence-corrected chi connectivity index (χ2v) is 9.42. The normalized spacial score (nSPS) is 12.4. The second-order valence-electron chi connectivity index (χ2n) is 6.71. The van der Waals surface area contributed by atoms with E-state index in [0.29, 0.717) is 12.3 Å². The number of carbonyl (C=O) groups excluding carboxylic acids is 1. The number of aromatic nitrogens is 1. The van der Waals surface area contributed by atoms with Crippen LogP contribution < -0.4 is 4.72 Å². The second kappa shape index (κ2) is 18.6. The predicted octanol–water partition coefficient (Wildman–Crippen LogP) is 5.20. The summed E-state index contributed by atoms with van der Waals surface area (Å²) in [7, 11) is -0.315. The van der Waals surface area contributed by atoms with Crippen molar-refractivity contribution in [2.45, 2.75) is 53.5 Å². The molecule has 0 bridgehead atoms. The number of hydrogen-bond acceptors (Lipinski definition) is 4. The van der Waals surface area contributed by atoms with Crippen LogP contribution in [0.25, 0.3) is 0 Å². The first-order chi connectivity index (χ1) is 15.1. The third kappa shape index (κ3) is 15.8. The summed E-state index contributed by atoms with van der Waals surface area (Å²) in [6, 6.07) is 11.7. The van der Waals surface area contributed by atoms with Gasteiger partial charge in [0, 0.05) is 30.0 Å². The molecule has 0 amide bonds. The van der Waals surface area contributed by atoms with Crippen molar-refractivity contribution in [2.24, 2.45) is 5.92 Å². The number of nitrogens with one attached hydrogen (secondary N) is 1. The van der Waals surface area contributed by atoms with Crippen LogP contribution in [0.2, 0.25) is 0 Å². The Morgan fingerprint density at radius 2 is 1.75 bits per heavy atom. The van der Waals surface area contributed by atoms with Gasteiger partial charge >= 0.3 is 5.97 Å². The molecule has 0 saturated heterocycles. The Balaban J connectivity index is 0. The van der Waals surface area contributed by atoms with Crippen LogP contribution >= 0.6 is 0 Å². The quantitative estimate of drug-likeness (QED) is 0.417. The van der Waals surface area contributed by atoms with E-state index in [1.54, 1.807) is 0 Å². The molecule has 2 aromatic rings. The Morgan fingerprint density at radius 3 is 2.09 bits per heavy atom. The third-order valence-electron chi connectivity index (χ3n) is 4.02. The van der Waals surface area contributed by atoms with E-state index in [1.807, 2.05) is 78.0 Å². The summed E-state index contributed by atoms with van der Waals surface area (Å²) in [5, 5.41) is 0. The maximum Gasteiger partial charge on any atom is 0.329 e. The number of allylic oxidation sites excluding steroid dienone is 1. The third-order valence-corrected chi connectivity index (χ3v) is 5.03. The molecule has 182 valence electrons. The molecule has 0 fully saturated rings. The van der Waals surface area contributed by atoms with Gasteiger partial charge in [0.05, 0.1) is 7.11 Å². The van der Waals surface area contributed by atoms with Crippen molar-refractivity contribution >= 4 is 26.1 Å². The van der Waals surface area contributed by atoms with E-state index in [0.717, 1.165) is 12.0 Å². The van der Waals surface area contributed by atoms with E-state index in [1.165, 1.54) is 19.7 Å². The average Bonchev–Trinajstić information content (AvgIpc) is 3.28. The molecule has 2 N–H and O–H groups in total. The van der Waals surface area contributed by atoms with Crippen LogP contribution in [0, 0.1) is 5.92 Å². The fraction of sp³-hybridized carbons (Fsp3) is 0.458. The van der Waals surface area contributed by atoms with Gasteiger partial charge in [0.2, 0.25) is 8.96 Å². The predicted molar refractivity (Wildman–Crippen MR) is 139 cm³/mol. The summed E-state index contributed by atoms with van der Waals surface area (Å²) in [6.45, 7) is 13.9. The molecule has 1 heterocycles. The van der Waals surface area contributed by atoms with Gasteiger partial charge in [-0.1, -0.05) is 71.0 Å². The van der Waals surface area contributed by atoms with Crippen molar-refractivity contribution in [3.05, 3.63) is 72.6 Å². The summed E-state index contributed by atoms with van der Waals surface area (Å²) in [5.41, 5.74) is 2.35. The largest absolute Gasteiger partial charge is 0.467 e. The van der Waals surface area contributed by atoms with E-state index in [4.69, 9.17) is 9.29 Å². The zero-order valence-corrected chi connectivity index (χ0v) is 22.0. The van der Waals surface area contributed by atoms with E-state index >= 15 is 0 Å². The minimum Gasteiger partial charge on any atom is -0.467 e. The van der Waals surface area contributed by atoms with Crippen LogP contribution in [0.15, 0.2) is 61.4 Å². The fourth-order valence-electron chi connectivity index (χ4n) is 2.15. The summed E-state index contributed by atoms with van der Waals surface area (Å²) in [6.07, 6.45) is 7.49. The molecular formula is C24H40N2O4S2. The molecule has 0 aliphatic heterocycles. The number of rotatable bonds is 7. The van der Waals surface area contributed by atoms with Crippen molar-refractivity contribution < 1.29 is 18.3 Å². The summed E-state index contributed by atoms with van der Waals surface area (Å²) >= 11 is 3.96. The van der Waals surface area contributed by atoms with Crippen molar-refractivity contribution in [1.29, 1.82) is 0 Å². The molecule has 8 heteroatoms. The highest BCUT2D eigenvalue weighted by atomic mass is 32.8. The molecule has 32 heavy (non-hydrogen) atoms. The molecule has 0 saturated carbocycles. The van der Waals surface area contributed by atoms with Gasteiger partial charge < -0.3 is 9.30 Å². The highest BCUT2D eigenvalue weighted by Gasteiger charge is 2.21. The van der Waals surface area contributed by atoms with Crippen LogP contribution in [0.1, 0.15) is 51.8 Å². The van der Waals surface area contributed by atoms with Crippen molar-refractivity contribution in [3.8, 4) is 0 Å². The van der Waals surface area contributed by atoms with Gasteiger partial charge in [-0.2, -0.15) is 0 Å². The van der Waals surface area contributed by atoms with Gasteiger partial charge in [0.1, 0.15) is 6.04 Å². The number of aryl methyl sites for hydroxylation is 1. The van der Waals surface area contributed by atoms with E-state index in [-0.39, 0.29) is 12.0 Å². The van der Waals surface area contributed by atoms with Gasteiger partial charge in [-0.25, -0.2) is 13.7 Å². The van der Waals surface area contributed by atoms with Crippen LogP contribution in [-0.4, -0.2) is 33.5 Å².